The van der Waals surface area contributed by atoms with Crippen LogP contribution >= 0.6 is 0 Å². The SMILES string of the molecule is CCCC(COc1ccc(CC)cc1)NC. The minimum atomic E-state index is 0.454. The average Bonchev–Trinajstić information content (AvgIpc) is 2.35. The van der Waals surface area contributed by atoms with Crippen LogP contribution in [0.2, 0.25) is 0 Å². The molecule has 1 aromatic carbocycles. The van der Waals surface area contributed by atoms with E-state index < -0.39 is 0 Å². The number of rotatable bonds is 7. The lowest BCUT2D eigenvalue weighted by molar-refractivity contribution is 0.262. The molecule has 90 valence electrons. The smallest absolute Gasteiger partial charge is 0.119 e. The zero-order chi connectivity index (χ0) is 11.8. The Bertz CT molecular complexity index is 281. The fraction of sp³-hybridized carbons (Fsp3) is 0.571. The quantitative estimate of drug-likeness (QED) is 0.764. The summed E-state index contributed by atoms with van der Waals surface area (Å²) in [6.07, 6.45) is 3.42. The molecule has 0 heterocycles. The van der Waals surface area contributed by atoms with E-state index in [1.807, 2.05) is 7.05 Å². The van der Waals surface area contributed by atoms with Crippen LogP contribution in [-0.2, 0) is 6.42 Å². The van der Waals surface area contributed by atoms with E-state index in [0.29, 0.717) is 6.04 Å². The highest BCUT2D eigenvalue weighted by Crippen LogP contribution is 2.13. The summed E-state index contributed by atoms with van der Waals surface area (Å²) >= 11 is 0. The molecule has 0 amide bonds. The van der Waals surface area contributed by atoms with Crippen molar-refractivity contribution in [1.29, 1.82) is 0 Å². The second-order valence-electron chi connectivity index (χ2n) is 4.08. The molecule has 16 heavy (non-hydrogen) atoms. The van der Waals surface area contributed by atoms with Gasteiger partial charge in [0.2, 0.25) is 0 Å². The van der Waals surface area contributed by atoms with Crippen molar-refractivity contribution in [2.24, 2.45) is 0 Å². The molecular formula is C14H23NO. The van der Waals surface area contributed by atoms with E-state index in [1.54, 1.807) is 0 Å². The highest BCUT2D eigenvalue weighted by molar-refractivity contribution is 5.27. The fourth-order valence-electron chi connectivity index (χ4n) is 1.68. The molecule has 0 aliphatic carbocycles. The lowest BCUT2D eigenvalue weighted by Crippen LogP contribution is -2.31. The molecule has 1 N–H and O–H groups in total. The Hall–Kier alpha value is -1.02. The molecule has 0 fully saturated rings. The number of benzene rings is 1. The summed E-state index contributed by atoms with van der Waals surface area (Å²) in [5.41, 5.74) is 1.35. The van der Waals surface area contributed by atoms with Crippen LogP contribution in [0.25, 0.3) is 0 Å². The van der Waals surface area contributed by atoms with E-state index in [9.17, 15) is 0 Å². The van der Waals surface area contributed by atoms with E-state index in [1.165, 1.54) is 12.0 Å². The Balaban J connectivity index is 2.40. The Labute approximate surface area is 99.0 Å². The van der Waals surface area contributed by atoms with Crippen LogP contribution in [0, 0.1) is 0 Å². The fourth-order valence-corrected chi connectivity index (χ4v) is 1.68. The number of aryl methyl sites for hydroxylation is 1. The predicted molar refractivity (Wildman–Crippen MR) is 69.1 cm³/mol. The Morgan fingerprint density at radius 3 is 2.38 bits per heavy atom. The molecule has 0 aliphatic heterocycles. The van der Waals surface area contributed by atoms with Crippen LogP contribution in [0.15, 0.2) is 24.3 Å². The highest BCUT2D eigenvalue weighted by Gasteiger charge is 2.05. The topological polar surface area (TPSA) is 21.3 Å². The van der Waals surface area contributed by atoms with Crippen LogP contribution in [-0.4, -0.2) is 19.7 Å². The first-order valence-corrected chi connectivity index (χ1v) is 6.19. The molecule has 0 aliphatic rings. The normalized spacial score (nSPS) is 12.4. The predicted octanol–water partition coefficient (Wildman–Crippen LogP) is 3.02. The number of nitrogens with one attached hydrogen (secondary N) is 1. The molecule has 1 rings (SSSR count). The van der Waals surface area contributed by atoms with Gasteiger partial charge < -0.3 is 10.1 Å². The molecule has 0 saturated carbocycles. The minimum Gasteiger partial charge on any atom is -0.492 e. The summed E-state index contributed by atoms with van der Waals surface area (Å²) in [6, 6.07) is 8.82. The summed E-state index contributed by atoms with van der Waals surface area (Å²) < 4.78 is 5.75. The van der Waals surface area contributed by atoms with Gasteiger partial charge in [0.25, 0.3) is 0 Å². The summed E-state index contributed by atoms with van der Waals surface area (Å²) in [4.78, 5) is 0. The molecule has 1 unspecified atom stereocenters. The highest BCUT2D eigenvalue weighted by atomic mass is 16.5. The van der Waals surface area contributed by atoms with Gasteiger partial charge in [0.1, 0.15) is 12.4 Å². The largest absolute Gasteiger partial charge is 0.492 e. The summed E-state index contributed by atoms with van der Waals surface area (Å²) in [5, 5.41) is 3.27. The van der Waals surface area contributed by atoms with Crippen molar-refractivity contribution in [3.8, 4) is 5.75 Å². The maximum Gasteiger partial charge on any atom is 0.119 e. The van der Waals surface area contributed by atoms with Crippen LogP contribution in [0.4, 0.5) is 0 Å². The van der Waals surface area contributed by atoms with Gasteiger partial charge in [-0.1, -0.05) is 32.4 Å². The summed E-state index contributed by atoms with van der Waals surface area (Å²) in [7, 11) is 1.99. The van der Waals surface area contributed by atoms with Gasteiger partial charge in [-0.2, -0.15) is 0 Å². The van der Waals surface area contributed by atoms with Crippen molar-refractivity contribution in [2.75, 3.05) is 13.7 Å². The first-order valence-electron chi connectivity index (χ1n) is 6.19. The van der Waals surface area contributed by atoms with Crippen LogP contribution in [0.1, 0.15) is 32.3 Å². The minimum absolute atomic E-state index is 0.454. The monoisotopic (exact) mass is 221 g/mol. The number of hydrogen-bond acceptors (Lipinski definition) is 2. The van der Waals surface area contributed by atoms with Gasteiger partial charge in [-0.25, -0.2) is 0 Å². The van der Waals surface area contributed by atoms with E-state index in [4.69, 9.17) is 4.74 Å². The van der Waals surface area contributed by atoms with E-state index in [0.717, 1.165) is 25.2 Å². The van der Waals surface area contributed by atoms with E-state index in [-0.39, 0.29) is 0 Å². The van der Waals surface area contributed by atoms with Gasteiger partial charge in [-0.3, -0.25) is 0 Å². The Kier molecular flexibility index (Phi) is 5.94. The Morgan fingerprint density at radius 2 is 1.88 bits per heavy atom. The number of hydrogen-bond donors (Lipinski definition) is 1. The van der Waals surface area contributed by atoms with Crippen molar-refractivity contribution in [3.05, 3.63) is 29.8 Å². The molecule has 1 aromatic rings. The van der Waals surface area contributed by atoms with Crippen LogP contribution in [0.3, 0.4) is 0 Å². The van der Waals surface area contributed by atoms with Crippen LogP contribution < -0.4 is 10.1 Å². The molecule has 2 nitrogen and oxygen atoms in total. The zero-order valence-electron chi connectivity index (χ0n) is 10.6. The molecule has 0 saturated heterocycles. The third-order valence-electron chi connectivity index (χ3n) is 2.83. The lowest BCUT2D eigenvalue weighted by atomic mass is 10.1. The van der Waals surface area contributed by atoms with Gasteiger partial charge in [0.05, 0.1) is 0 Å². The molecule has 0 bridgehead atoms. The zero-order valence-corrected chi connectivity index (χ0v) is 10.6. The standard InChI is InChI=1S/C14H23NO/c1-4-6-13(15-3)11-16-14-9-7-12(5-2)8-10-14/h7-10,13,15H,4-6,11H2,1-3H3. The molecule has 1 atom stereocenters. The van der Waals surface area contributed by atoms with Gasteiger partial charge in [0.15, 0.2) is 0 Å². The van der Waals surface area contributed by atoms with Gasteiger partial charge in [-0.05, 0) is 37.6 Å². The third-order valence-corrected chi connectivity index (χ3v) is 2.83. The molecule has 0 aromatic heterocycles. The van der Waals surface area contributed by atoms with Crippen molar-refractivity contribution < 1.29 is 4.74 Å². The molecular weight excluding hydrogens is 198 g/mol. The first kappa shape index (κ1) is 13.0. The second kappa shape index (κ2) is 7.29. The van der Waals surface area contributed by atoms with Crippen molar-refractivity contribution in [1.82, 2.24) is 5.32 Å². The van der Waals surface area contributed by atoms with Crippen LogP contribution in [0.5, 0.6) is 5.75 Å². The summed E-state index contributed by atoms with van der Waals surface area (Å²) in [6.45, 7) is 5.10. The summed E-state index contributed by atoms with van der Waals surface area (Å²) in [5.74, 6) is 0.966. The number of likely N-dealkylation sites (N-methyl/N-ethyl adjacent to an activating group) is 1. The van der Waals surface area contributed by atoms with Gasteiger partial charge in [0, 0.05) is 6.04 Å². The second-order valence-corrected chi connectivity index (χ2v) is 4.08. The first-order chi connectivity index (χ1) is 7.80. The van der Waals surface area contributed by atoms with E-state index in [2.05, 4.69) is 43.4 Å². The van der Waals surface area contributed by atoms with Crippen molar-refractivity contribution in [2.45, 2.75) is 39.2 Å². The van der Waals surface area contributed by atoms with Gasteiger partial charge in [-0.15, -0.1) is 0 Å². The van der Waals surface area contributed by atoms with Gasteiger partial charge >= 0.3 is 0 Å². The van der Waals surface area contributed by atoms with E-state index >= 15 is 0 Å². The van der Waals surface area contributed by atoms with Crippen molar-refractivity contribution in [3.63, 3.8) is 0 Å². The maximum absolute atomic E-state index is 5.75. The Morgan fingerprint density at radius 1 is 1.19 bits per heavy atom. The number of ether oxygens (including phenoxy) is 1. The average molecular weight is 221 g/mol. The molecule has 2 heteroatoms. The molecule has 0 spiro atoms. The van der Waals surface area contributed by atoms with Crippen molar-refractivity contribution >= 4 is 0 Å². The third kappa shape index (κ3) is 4.23. The maximum atomic E-state index is 5.75. The lowest BCUT2D eigenvalue weighted by Gasteiger charge is -2.16. The molecule has 0 radical (unpaired) electrons.